The van der Waals surface area contributed by atoms with Gasteiger partial charge in [0.05, 0.1) is 6.20 Å². The fourth-order valence-electron chi connectivity index (χ4n) is 5.56. The number of pyridine rings is 1. The van der Waals surface area contributed by atoms with Crippen LogP contribution in [0.1, 0.15) is 103 Å². The number of unbranched alkanes of at least 4 members (excludes halogenated alkanes) is 1. The Morgan fingerprint density at radius 3 is 2.07 bits per heavy atom. The van der Waals surface area contributed by atoms with Gasteiger partial charge in [-0.25, -0.2) is 0 Å². The van der Waals surface area contributed by atoms with Crippen molar-refractivity contribution < 1.29 is 9.53 Å². The lowest BCUT2D eigenvalue weighted by molar-refractivity contribution is -0.134. The van der Waals surface area contributed by atoms with E-state index in [4.69, 9.17) is 4.74 Å². The van der Waals surface area contributed by atoms with Crippen LogP contribution in [0.4, 0.5) is 0 Å². The quantitative estimate of drug-likeness (QED) is 0.414. The first-order valence-corrected chi connectivity index (χ1v) is 12.3. The number of esters is 1. The van der Waals surface area contributed by atoms with Crippen molar-refractivity contribution in [3.05, 3.63) is 24.0 Å². The molecule has 1 heterocycles. The van der Waals surface area contributed by atoms with E-state index in [1.54, 1.807) is 13.1 Å². The van der Waals surface area contributed by atoms with Crippen LogP contribution in [0, 0.1) is 23.7 Å². The molecule has 162 valence electrons. The predicted octanol–water partition coefficient (Wildman–Crippen LogP) is 7.13. The van der Waals surface area contributed by atoms with Gasteiger partial charge in [-0.2, -0.15) is 0 Å². The summed E-state index contributed by atoms with van der Waals surface area (Å²) in [5, 5.41) is 0. The van der Waals surface area contributed by atoms with Crippen LogP contribution in [-0.2, 0) is 11.2 Å². The van der Waals surface area contributed by atoms with Gasteiger partial charge in [0.1, 0.15) is 5.75 Å². The van der Waals surface area contributed by atoms with Crippen molar-refractivity contribution in [1.82, 2.24) is 4.98 Å². The van der Waals surface area contributed by atoms with E-state index in [2.05, 4.69) is 11.9 Å². The summed E-state index contributed by atoms with van der Waals surface area (Å²) in [7, 11) is 0. The van der Waals surface area contributed by atoms with Gasteiger partial charge in [-0.05, 0) is 74.3 Å². The molecule has 2 aliphatic carbocycles. The Hall–Kier alpha value is -1.38. The normalized spacial score (nSPS) is 27.5. The molecule has 2 fully saturated rings. The molecule has 0 unspecified atom stereocenters. The molecule has 0 saturated heterocycles. The summed E-state index contributed by atoms with van der Waals surface area (Å²) < 4.78 is 5.21. The number of rotatable bonds is 9. The lowest BCUT2D eigenvalue weighted by Crippen LogP contribution is -2.26. The van der Waals surface area contributed by atoms with Crippen LogP contribution in [0.3, 0.4) is 0 Å². The van der Waals surface area contributed by atoms with E-state index in [0.717, 1.165) is 35.8 Å². The molecule has 3 rings (SSSR count). The molecule has 3 heteroatoms. The van der Waals surface area contributed by atoms with Crippen LogP contribution in [0.2, 0.25) is 0 Å². The Labute approximate surface area is 178 Å². The molecule has 29 heavy (non-hydrogen) atoms. The summed E-state index contributed by atoms with van der Waals surface area (Å²) in [6, 6.07) is 3.89. The molecule has 0 amide bonds. The molecule has 0 bridgehead atoms. The number of carbonyl (C=O) groups excluding carboxylic acids is 1. The van der Waals surface area contributed by atoms with E-state index in [9.17, 15) is 4.79 Å². The second-order valence-electron chi connectivity index (χ2n) is 9.56. The average molecular weight is 400 g/mol. The Balaban J connectivity index is 1.33. The minimum atomic E-state index is -0.203. The maximum absolute atomic E-state index is 11.3. The van der Waals surface area contributed by atoms with Crippen LogP contribution in [-0.4, -0.2) is 11.0 Å². The minimum absolute atomic E-state index is 0.203. The maximum atomic E-state index is 11.3. The van der Waals surface area contributed by atoms with Crippen LogP contribution in [0.5, 0.6) is 5.75 Å². The Morgan fingerprint density at radius 1 is 0.931 bits per heavy atom. The largest absolute Gasteiger partial charge is 0.425 e. The minimum Gasteiger partial charge on any atom is -0.425 e. The lowest BCUT2D eigenvalue weighted by atomic mass is 9.68. The highest BCUT2D eigenvalue weighted by molar-refractivity contribution is 5.71. The van der Waals surface area contributed by atoms with Crippen molar-refractivity contribution in [3.8, 4) is 5.75 Å². The van der Waals surface area contributed by atoms with Crippen molar-refractivity contribution in [3.63, 3.8) is 0 Å². The van der Waals surface area contributed by atoms with Gasteiger partial charge in [0.25, 0.3) is 0 Å². The number of nitrogens with zero attached hydrogens (tertiary/aromatic N) is 1. The number of hydrogen-bond donors (Lipinski definition) is 0. The molecular formula is C26H41NO2. The van der Waals surface area contributed by atoms with Crippen LogP contribution >= 0.6 is 0 Å². The second-order valence-corrected chi connectivity index (χ2v) is 9.56. The SMILES string of the molecule is CCCC[C@H]1CC[C@H]([C@H]2CC[C@H](CCc3ccc(OC(=O)CC)cn3)CC2)CC1. The third kappa shape index (κ3) is 7.12. The van der Waals surface area contributed by atoms with Crippen molar-refractivity contribution >= 4 is 5.97 Å². The van der Waals surface area contributed by atoms with E-state index in [1.807, 2.05) is 12.1 Å². The topological polar surface area (TPSA) is 39.2 Å². The standard InChI is InChI=1S/C26H41NO2/c1-3-5-6-20-7-12-22(13-8-20)23-14-9-21(10-15-23)11-16-24-17-18-25(19-27-24)29-26(28)4-2/h17-23H,3-16H2,1-2H3/t20-,21-,22-,23-. The van der Waals surface area contributed by atoms with Gasteiger partial charge in [0.15, 0.2) is 0 Å². The third-order valence-corrected chi connectivity index (χ3v) is 7.54. The van der Waals surface area contributed by atoms with Gasteiger partial charge in [0.2, 0.25) is 0 Å². The molecule has 1 aromatic rings. The molecular weight excluding hydrogens is 358 g/mol. The maximum Gasteiger partial charge on any atom is 0.310 e. The molecule has 2 saturated carbocycles. The summed E-state index contributed by atoms with van der Waals surface area (Å²) >= 11 is 0. The van der Waals surface area contributed by atoms with Gasteiger partial charge in [-0.3, -0.25) is 9.78 Å². The highest BCUT2D eigenvalue weighted by atomic mass is 16.5. The van der Waals surface area contributed by atoms with Crippen LogP contribution in [0.15, 0.2) is 18.3 Å². The third-order valence-electron chi connectivity index (χ3n) is 7.54. The smallest absolute Gasteiger partial charge is 0.310 e. The number of hydrogen-bond acceptors (Lipinski definition) is 3. The molecule has 3 nitrogen and oxygen atoms in total. The van der Waals surface area contributed by atoms with Crippen molar-refractivity contribution in [1.29, 1.82) is 0 Å². The predicted molar refractivity (Wildman–Crippen MR) is 119 cm³/mol. The van der Waals surface area contributed by atoms with Crippen molar-refractivity contribution in [2.45, 2.75) is 104 Å². The molecule has 0 N–H and O–H groups in total. The van der Waals surface area contributed by atoms with Gasteiger partial charge in [0, 0.05) is 12.1 Å². The van der Waals surface area contributed by atoms with E-state index in [0.29, 0.717) is 12.2 Å². The summed E-state index contributed by atoms with van der Waals surface area (Å²) in [4.78, 5) is 15.8. The summed E-state index contributed by atoms with van der Waals surface area (Å²) in [5.41, 5.74) is 1.12. The monoisotopic (exact) mass is 399 g/mol. The number of ether oxygens (including phenoxy) is 1. The van der Waals surface area contributed by atoms with E-state index >= 15 is 0 Å². The van der Waals surface area contributed by atoms with Gasteiger partial charge >= 0.3 is 5.97 Å². The zero-order chi connectivity index (χ0) is 20.5. The summed E-state index contributed by atoms with van der Waals surface area (Å²) in [6.45, 7) is 4.12. The first-order chi connectivity index (χ1) is 14.2. The van der Waals surface area contributed by atoms with E-state index in [-0.39, 0.29) is 5.97 Å². The van der Waals surface area contributed by atoms with E-state index < -0.39 is 0 Å². The Kier molecular flexibility index (Phi) is 9.01. The molecule has 0 aliphatic heterocycles. The lowest BCUT2D eigenvalue weighted by Gasteiger charge is -2.38. The molecule has 0 aromatic carbocycles. The number of aryl methyl sites for hydroxylation is 1. The Morgan fingerprint density at radius 2 is 1.55 bits per heavy atom. The molecule has 2 aliphatic rings. The average Bonchev–Trinajstić information content (AvgIpc) is 2.78. The molecule has 0 spiro atoms. The zero-order valence-corrected chi connectivity index (χ0v) is 18.7. The number of carbonyl (C=O) groups is 1. The van der Waals surface area contributed by atoms with Gasteiger partial charge < -0.3 is 4.74 Å². The number of aromatic nitrogens is 1. The van der Waals surface area contributed by atoms with Crippen LogP contribution < -0.4 is 4.74 Å². The van der Waals surface area contributed by atoms with Crippen LogP contribution in [0.25, 0.3) is 0 Å². The fourth-order valence-corrected chi connectivity index (χ4v) is 5.56. The fraction of sp³-hybridized carbons (Fsp3) is 0.769. The van der Waals surface area contributed by atoms with Crippen molar-refractivity contribution in [2.75, 3.05) is 0 Å². The molecule has 0 atom stereocenters. The summed E-state index contributed by atoms with van der Waals surface area (Å²) in [6.07, 6.45) is 20.4. The van der Waals surface area contributed by atoms with Gasteiger partial charge in [-0.15, -0.1) is 0 Å². The highest BCUT2D eigenvalue weighted by Crippen LogP contribution is 2.43. The zero-order valence-electron chi connectivity index (χ0n) is 18.7. The molecule has 1 aromatic heterocycles. The first-order valence-electron chi connectivity index (χ1n) is 12.3. The van der Waals surface area contributed by atoms with E-state index in [1.165, 1.54) is 77.0 Å². The Bertz CT molecular complexity index is 596. The first kappa shape index (κ1) is 22.3. The van der Waals surface area contributed by atoms with Gasteiger partial charge in [-0.1, -0.05) is 58.8 Å². The molecule has 0 radical (unpaired) electrons. The van der Waals surface area contributed by atoms with Crippen molar-refractivity contribution in [2.24, 2.45) is 23.7 Å². The second kappa shape index (κ2) is 11.7. The highest BCUT2D eigenvalue weighted by Gasteiger charge is 2.30. The summed E-state index contributed by atoms with van der Waals surface area (Å²) in [5.74, 6) is 4.28.